The summed E-state index contributed by atoms with van der Waals surface area (Å²) in [6.07, 6.45) is 1.56. The topological polar surface area (TPSA) is 41.1 Å². The van der Waals surface area contributed by atoms with Crippen LogP contribution in [0, 0.1) is 11.3 Å². The Balaban J connectivity index is 2.12. The minimum Gasteiger partial charge on any atom is -0.376 e. The van der Waals surface area contributed by atoms with Gasteiger partial charge in [-0.1, -0.05) is 39.8 Å². The number of anilines is 2. The number of carbonyl (C=O) groups is 1. The summed E-state index contributed by atoms with van der Waals surface area (Å²) in [4.78, 5) is 12.7. The van der Waals surface area contributed by atoms with Crippen LogP contribution < -0.4 is 10.6 Å². The third-order valence-corrected chi connectivity index (χ3v) is 4.42. The fourth-order valence-corrected chi connectivity index (χ4v) is 3.43. The Morgan fingerprint density at radius 2 is 1.81 bits per heavy atom. The minimum atomic E-state index is 0.0315. The first-order valence-corrected chi connectivity index (χ1v) is 7.76. The highest BCUT2D eigenvalue weighted by Crippen LogP contribution is 2.42. The van der Waals surface area contributed by atoms with Gasteiger partial charge in [0.25, 0.3) is 0 Å². The molecule has 0 amide bonds. The van der Waals surface area contributed by atoms with Crippen molar-refractivity contribution in [3.05, 3.63) is 35.5 Å². The van der Waals surface area contributed by atoms with Crippen molar-refractivity contribution in [1.82, 2.24) is 0 Å². The zero-order valence-corrected chi connectivity index (χ0v) is 13.3. The number of allylic oxidation sites excluding steroid dienone is 1. The monoisotopic (exact) mass is 284 g/mol. The van der Waals surface area contributed by atoms with Crippen molar-refractivity contribution >= 4 is 17.2 Å². The predicted molar refractivity (Wildman–Crippen MR) is 87.4 cm³/mol. The van der Waals surface area contributed by atoms with E-state index in [1.165, 1.54) is 0 Å². The van der Waals surface area contributed by atoms with Gasteiger partial charge in [0.2, 0.25) is 0 Å². The summed E-state index contributed by atoms with van der Waals surface area (Å²) in [5.74, 6) is 0.654. The van der Waals surface area contributed by atoms with E-state index in [1.807, 2.05) is 12.1 Å². The van der Waals surface area contributed by atoms with Crippen LogP contribution in [0.5, 0.6) is 0 Å². The van der Waals surface area contributed by atoms with Crippen molar-refractivity contribution in [3.8, 4) is 0 Å². The van der Waals surface area contributed by atoms with Gasteiger partial charge in [-0.3, -0.25) is 4.79 Å². The van der Waals surface area contributed by atoms with E-state index in [9.17, 15) is 4.79 Å². The van der Waals surface area contributed by atoms with E-state index >= 15 is 0 Å². The summed E-state index contributed by atoms with van der Waals surface area (Å²) in [5.41, 5.74) is 4.24. The number of nitrogens with one attached hydrogen (secondary N) is 2. The van der Waals surface area contributed by atoms with E-state index < -0.39 is 0 Å². The number of hydrogen-bond acceptors (Lipinski definition) is 3. The van der Waals surface area contributed by atoms with Crippen molar-refractivity contribution in [3.63, 3.8) is 0 Å². The number of fused-ring (bicyclic) bond motifs is 1. The highest BCUT2D eigenvalue weighted by molar-refractivity contribution is 6.00. The molecule has 112 valence electrons. The standard InChI is InChI=1S/C18H24N2O/c1-11(2)17-16-14(9-18(3,4)10-15(16)21)19-12-7-5-6-8-13(12)20-17/h5-8,11,17,19-20H,9-10H2,1-4H3/t17-/m0/s1. The van der Waals surface area contributed by atoms with Gasteiger partial charge in [-0.2, -0.15) is 0 Å². The summed E-state index contributed by atoms with van der Waals surface area (Å²) >= 11 is 0. The van der Waals surface area contributed by atoms with Gasteiger partial charge in [-0.25, -0.2) is 0 Å². The molecule has 0 fully saturated rings. The number of para-hydroxylation sites is 2. The van der Waals surface area contributed by atoms with E-state index in [0.29, 0.717) is 12.3 Å². The summed E-state index contributed by atoms with van der Waals surface area (Å²) in [5, 5.41) is 7.10. The molecule has 0 radical (unpaired) electrons. The molecule has 3 heteroatoms. The van der Waals surface area contributed by atoms with Crippen molar-refractivity contribution in [2.75, 3.05) is 10.6 Å². The number of carbonyl (C=O) groups excluding carboxylic acids is 1. The van der Waals surface area contributed by atoms with E-state index in [0.717, 1.165) is 29.1 Å². The third kappa shape index (κ3) is 2.57. The SMILES string of the molecule is CC(C)[C@@H]1Nc2ccccc2NC2=C1C(=O)CC(C)(C)C2. The Morgan fingerprint density at radius 1 is 1.14 bits per heavy atom. The first kappa shape index (κ1) is 14.2. The fourth-order valence-electron chi connectivity index (χ4n) is 3.43. The highest BCUT2D eigenvalue weighted by Gasteiger charge is 2.38. The van der Waals surface area contributed by atoms with Crippen LogP contribution >= 0.6 is 0 Å². The quantitative estimate of drug-likeness (QED) is 0.812. The number of ketones is 1. The van der Waals surface area contributed by atoms with Gasteiger partial charge in [-0.05, 0) is 29.9 Å². The largest absolute Gasteiger partial charge is 0.376 e. The van der Waals surface area contributed by atoms with Gasteiger partial charge in [-0.15, -0.1) is 0 Å². The first-order valence-electron chi connectivity index (χ1n) is 7.76. The lowest BCUT2D eigenvalue weighted by Gasteiger charge is -2.35. The molecular formula is C18H24N2O. The second kappa shape index (κ2) is 4.90. The van der Waals surface area contributed by atoms with E-state index in [2.05, 4.69) is 50.5 Å². The third-order valence-electron chi connectivity index (χ3n) is 4.42. The lowest BCUT2D eigenvalue weighted by Crippen LogP contribution is -2.37. The van der Waals surface area contributed by atoms with Crippen LogP contribution in [-0.4, -0.2) is 11.8 Å². The van der Waals surface area contributed by atoms with Crippen LogP contribution in [-0.2, 0) is 4.79 Å². The molecule has 0 saturated carbocycles. The molecule has 3 nitrogen and oxygen atoms in total. The minimum absolute atomic E-state index is 0.0315. The average molecular weight is 284 g/mol. The molecule has 1 heterocycles. The molecule has 2 N–H and O–H groups in total. The molecule has 1 aliphatic carbocycles. The summed E-state index contributed by atoms with van der Waals surface area (Å²) in [6.45, 7) is 8.68. The Morgan fingerprint density at radius 3 is 2.48 bits per heavy atom. The van der Waals surface area contributed by atoms with Crippen LogP contribution in [0.4, 0.5) is 11.4 Å². The number of rotatable bonds is 1. The second-order valence-electron chi connectivity index (χ2n) is 7.37. The smallest absolute Gasteiger partial charge is 0.163 e. The predicted octanol–water partition coefficient (Wildman–Crippen LogP) is 4.19. The van der Waals surface area contributed by atoms with E-state index in [1.54, 1.807) is 0 Å². The molecule has 1 atom stereocenters. The fraction of sp³-hybridized carbons (Fsp3) is 0.500. The Labute approximate surface area is 126 Å². The molecule has 2 aliphatic rings. The zero-order valence-electron chi connectivity index (χ0n) is 13.3. The molecule has 0 bridgehead atoms. The van der Waals surface area contributed by atoms with Crippen molar-refractivity contribution in [2.45, 2.75) is 46.6 Å². The Kier molecular flexibility index (Phi) is 3.31. The number of Topliss-reactive ketones (excluding diaryl/α,β-unsaturated/α-hetero) is 1. The number of hydrogen-bond donors (Lipinski definition) is 2. The Bertz CT molecular complexity index is 613. The first-order chi connectivity index (χ1) is 9.87. The van der Waals surface area contributed by atoms with Crippen LogP contribution in [0.1, 0.15) is 40.5 Å². The molecule has 0 saturated heterocycles. The average Bonchev–Trinajstić information content (AvgIpc) is 2.53. The lowest BCUT2D eigenvalue weighted by atomic mass is 9.73. The summed E-state index contributed by atoms with van der Waals surface area (Å²) < 4.78 is 0. The molecule has 3 rings (SSSR count). The van der Waals surface area contributed by atoms with Gasteiger partial charge in [0.1, 0.15) is 0 Å². The van der Waals surface area contributed by atoms with Crippen LogP contribution in [0.15, 0.2) is 35.5 Å². The van der Waals surface area contributed by atoms with Crippen molar-refractivity contribution < 1.29 is 4.79 Å². The van der Waals surface area contributed by atoms with Gasteiger partial charge in [0.05, 0.1) is 17.4 Å². The van der Waals surface area contributed by atoms with Gasteiger partial charge in [0, 0.05) is 17.7 Å². The van der Waals surface area contributed by atoms with E-state index in [4.69, 9.17) is 0 Å². The molecule has 0 aromatic heterocycles. The van der Waals surface area contributed by atoms with Gasteiger partial charge < -0.3 is 10.6 Å². The second-order valence-corrected chi connectivity index (χ2v) is 7.37. The molecular weight excluding hydrogens is 260 g/mol. The molecule has 21 heavy (non-hydrogen) atoms. The van der Waals surface area contributed by atoms with E-state index in [-0.39, 0.29) is 17.2 Å². The van der Waals surface area contributed by atoms with Crippen LogP contribution in [0.2, 0.25) is 0 Å². The summed E-state index contributed by atoms with van der Waals surface area (Å²) in [6, 6.07) is 8.29. The lowest BCUT2D eigenvalue weighted by molar-refractivity contribution is -0.118. The molecule has 1 aliphatic heterocycles. The van der Waals surface area contributed by atoms with Gasteiger partial charge >= 0.3 is 0 Å². The highest BCUT2D eigenvalue weighted by atomic mass is 16.1. The molecule has 0 spiro atoms. The van der Waals surface area contributed by atoms with Crippen molar-refractivity contribution in [2.24, 2.45) is 11.3 Å². The normalized spacial score (nSPS) is 23.9. The van der Waals surface area contributed by atoms with Crippen molar-refractivity contribution in [1.29, 1.82) is 0 Å². The maximum Gasteiger partial charge on any atom is 0.163 e. The molecule has 1 aromatic rings. The molecule has 1 aromatic carbocycles. The maximum absolute atomic E-state index is 12.7. The molecule has 0 unspecified atom stereocenters. The summed E-state index contributed by atoms with van der Waals surface area (Å²) in [7, 11) is 0. The zero-order chi connectivity index (χ0) is 15.2. The Hall–Kier alpha value is -1.77. The van der Waals surface area contributed by atoms with Crippen LogP contribution in [0.3, 0.4) is 0 Å². The number of benzene rings is 1. The maximum atomic E-state index is 12.7. The van der Waals surface area contributed by atoms with Crippen LogP contribution in [0.25, 0.3) is 0 Å². The van der Waals surface area contributed by atoms with Gasteiger partial charge in [0.15, 0.2) is 5.78 Å².